The van der Waals surface area contributed by atoms with E-state index in [1.165, 1.54) is 5.56 Å². The second-order valence-electron chi connectivity index (χ2n) is 4.74. The molecule has 1 aromatic heterocycles. The highest BCUT2D eigenvalue weighted by molar-refractivity contribution is 9.10. The Morgan fingerprint density at radius 1 is 1.25 bits per heavy atom. The molecule has 0 saturated carbocycles. The van der Waals surface area contributed by atoms with Gasteiger partial charge in [-0.15, -0.1) is 0 Å². The van der Waals surface area contributed by atoms with Crippen LogP contribution in [0.25, 0.3) is 0 Å². The summed E-state index contributed by atoms with van der Waals surface area (Å²) in [5, 5.41) is 0. The molecule has 2 aromatic rings. The molecule has 2 N–H and O–H groups in total. The third kappa shape index (κ3) is 2.47. The van der Waals surface area contributed by atoms with Gasteiger partial charge in [-0.2, -0.15) is 0 Å². The van der Waals surface area contributed by atoms with Crippen LogP contribution in [0.2, 0.25) is 0 Å². The lowest BCUT2D eigenvalue weighted by molar-refractivity contribution is 0.171. The van der Waals surface area contributed by atoms with E-state index in [1.807, 2.05) is 23.7 Å². The second kappa shape index (κ2) is 5.36. The normalized spacial score (nSPS) is 13.5. The van der Waals surface area contributed by atoms with Gasteiger partial charge in [0.25, 0.3) is 0 Å². The summed E-state index contributed by atoms with van der Waals surface area (Å²) in [4.78, 5) is 4.21. The summed E-state index contributed by atoms with van der Waals surface area (Å²) in [5.74, 6) is 2.18. The second-order valence-corrected chi connectivity index (χ2v) is 5.50. The van der Waals surface area contributed by atoms with Crippen molar-refractivity contribution in [2.24, 2.45) is 7.05 Å². The lowest BCUT2D eigenvalue weighted by Crippen LogP contribution is -2.15. The molecule has 0 bridgehead atoms. The van der Waals surface area contributed by atoms with Crippen LogP contribution in [-0.4, -0.2) is 22.8 Å². The van der Waals surface area contributed by atoms with E-state index in [4.69, 9.17) is 15.2 Å². The predicted molar refractivity (Wildman–Crippen MR) is 80.2 cm³/mol. The number of ether oxygens (including phenoxy) is 2. The van der Waals surface area contributed by atoms with Crippen LogP contribution in [0.5, 0.6) is 11.5 Å². The molecule has 0 spiro atoms. The van der Waals surface area contributed by atoms with Gasteiger partial charge >= 0.3 is 0 Å². The average Bonchev–Trinajstić information content (AvgIpc) is 2.70. The Bertz CT molecular complexity index is 640. The van der Waals surface area contributed by atoms with Crippen LogP contribution in [0.4, 0.5) is 5.95 Å². The van der Waals surface area contributed by atoms with Crippen molar-refractivity contribution >= 4 is 21.9 Å². The fraction of sp³-hybridized carbons (Fsp3) is 0.357. The molecule has 6 heteroatoms. The summed E-state index contributed by atoms with van der Waals surface area (Å²) in [5.41, 5.74) is 8.09. The number of nitrogens with zero attached hydrogens (tertiary/aromatic N) is 2. The highest BCUT2D eigenvalue weighted by Gasteiger charge is 2.13. The van der Waals surface area contributed by atoms with Crippen LogP contribution in [-0.2, 0) is 19.9 Å². The summed E-state index contributed by atoms with van der Waals surface area (Å²) in [6.45, 7) is 1.23. The summed E-state index contributed by atoms with van der Waals surface area (Å²) in [7, 11) is 1.92. The fourth-order valence-corrected chi connectivity index (χ4v) is 2.94. The van der Waals surface area contributed by atoms with Crippen molar-refractivity contribution < 1.29 is 9.47 Å². The molecule has 0 atom stereocenters. The number of hydrogen-bond acceptors (Lipinski definition) is 4. The Balaban J connectivity index is 1.75. The molecule has 0 fully saturated rings. The molecule has 1 aliphatic rings. The highest BCUT2D eigenvalue weighted by Crippen LogP contribution is 2.31. The van der Waals surface area contributed by atoms with Crippen LogP contribution < -0.4 is 15.2 Å². The van der Waals surface area contributed by atoms with Crippen LogP contribution >= 0.6 is 15.9 Å². The number of imidazole rings is 1. The Labute approximate surface area is 125 Å². The Morgan fingerprint density at radius 2 is 2.00 bits per heavy atom. The molecule has 0 aliphatic carbocycles. The molecule has 5 nitrogen and oxygen atoms in total. The fourth-order valence-electron chi connectivity index (χ4n) is 2.29. The Kier molecular flexibility index (Phi) is 3.56. The van der Waals surface area contributed by atoms with Crippen molar-refractivity contribution in [2.75, 3.05) is 18.9 Å². The van der Waals surface area contributed by atoms with Gasteiger partial charge in [0.15, 0.2) is 11.5 Å². The minimum absolute atomic E-state index is 0.522. The number of fused-ring (bicyclic) bond motifs is 1. The van der Waals surface area contributed by atoms with Gasteiger partial charge in [-0.1, -0.05) is 6.07 Å². The van der Waals surface area contributed by atoms with Crippen LogP contribution in [0.1, 0.15) is 11.3 Å². The molecule has 0 saturated heterocycles. The van der Waals surface area contributed by atoms with Gasteiger partial charge in [0.1, 0.15) is 17.8 Å². The third-order valence-corrected chi connectivity index (χ3v) is 4.09. The highest BCUT2D eigenvalue weighted by atomic mass is 79.9. The van der Waals surface area contributed by atoms with E-state index in [0.717, 1.165) is 34.6 Å². The number of anilines is 1. The van der Waals surface area contributed by atoms with Crippen molar-refractivity contribution in [3.63, 3.8) is 0 Å². The maximum Gasteiger partial charge on any atom is 0.201 e. The quantitative estimate of drug-likeness (QED) is 0.933. The lowest BCUT2D eigenvalue weighted by Gasteiger charge is -2.18. The number of aromatic nitrogens is 2. The number of halogens is 1. The zero-order valence-corrected chi connectivity index (χ0v) is 12.8. The smallest absolute Gasteiger partial charge is 0.201 e. The molecule has 2 heterocycles. The number of aryl methyl sites for hydroxylation is 1. The largest absolute Gasteiger partial charge is 0.486 e. The summed E-state index contributed by atoms with van der Waals surface area (Å²) in [6, 6.07) is 6.08. The number of nitrogens with two attached hydrogens (primary N) is 1. The SMILES string of the molecule is Cn1c(N)nc(Br)c1CCc1ccc2c(c1)OCCO2. The predicted octanol–water partition coefficient (Wildman–Crippen LogP) is 2.32. The topological polar surface area (TPSA) is 62.3 Å². The molecular formula is C14H16BrN3O2. The molecule has 3 rings (SSSR count). The van der Waals surface area contributed by atoms with Gasteiger partial charge in [0, 0.05) is 7.05 Å². The standard InChI is InChI=1S/C14H16BrN3O2/c1-18-10(13(15)17-14(18)16)4-2-9-3-5-11-12(8-9)20-7-6-19-11/h3,5,8H,2,4,6-7H2,1H3,(H2,16,17). The Morgan fingerprint density at radius 3 is 2.70 bits per heavy atom. The maximum absolute atomic E-state index is 5.79. The summed E-state index contributed by atoms with van der Waals surface area (Å²) in [6.07, 6.45) is 1.76. The first-order valence-electron chi connectivity index (χ1n) is 6.50. The van der Waals surface area contributed by atoms with Crippen molar-refractivity contribution in [1.29, 1.82) is 0 Å². The molecule has 0 radical (unpaired) electrons. The van der Waals surface area contributed by atoms with Crippen molar-refractivity contribution in [3.05, 3.63) is 34.1 Å². The first-order valence-corrected chi connectivity index (χ1v) is 7.29. The van der Waals surface area contributed by atoms with Crippen molar-refractivity contribution in [3.8, 4) is 11.5 Å². The van der Waals surface area contributed by atoms with Gasteiger partial charge in [-0.05, 0) is 46.5 Å². The first-order chi connectivity index (χ1) is 9.65. The van der Waals surface area contributed by atoms with E-state index in [-0.39, 0.29) is 0 Å². The van der Waals surface area contributed by atoms with E-state index in [9.17, 15) is 0 Å². The van der Waals surface area contributed by atoms with E-state index in [0.29, 0.717) is 19.2 Å². The molecule has 106 valence electrons. The Hall–Kier alpha value is -1.69. The first kappa shape index (κ1) is 13.3. The number of benzene rings is 1. The van der Waals surface area contributed by atoms with E-state index in [1.54, 1.807) is 0 Å². The van der Waals surface area contributed by atoms with Crippen LogP contribution in [0.3, 0.4) is 0 Å². The van der Waals surface area contributed by atoms with Crippen LogP contribution in [0, 0.1) is 0 Å². The summed E-state index contributed by atoms with van der Waals surface area (Å²) < 4.78 is 13.8. The van der Waals surface area contributed by atoms with Crippen LogP contribution in [0.15, 0.2) is 22.8 Å². The lowest BCUT2D eigenvalue weighted by atomic mass is 10.1. The number of nitrogen functional groups attached to an aromatic ring is 1. The zero-order valence-electron chi connectivity index (χ0n) is 11.2. The molecule has 0 unspecified atom stereocenters. The number of hydrogen-bond donors (Lipinski definition) is 1. The molecular weight excluding hydrogens is 322 g/mol. The van der Waals surface area contributed by atoms with E-state index >= 15 is 0 Å². The van der Waals surface area contributed by atoms with Gasteiger partial charge in [-0.3, -0.25) is 0 Å². The van der Waals surface area contributed by atoms with Gasteiger partial charge in [-0.25, -0.2) is 4.98 Å². The number of rotatable bonds is 3. The van der Waals surface area contributed by atoms with E-state index < -0.39 is 0 Å². The van der Waals surface area contributed by atoms with Gasteiger partial charge < -0.3 is 19.8 Å². The van der Waals surface area contributed by atoms with Gasteiger partial charge in [0.05, 0.1) is 5.69 Å². The minimum Gasteiger partial charge on any atom is -0.486 e. The monoisotopic (exact) mass is 337 g/mol. The molecule has 1 aliphatic heterocycles. The minimum atomic E-state index is 0.522. The zero-order chi connectivity index (χ0) is 14.1. The van der Waals surface area contributed by atoms with Crippen molar-refractivity contribution in [1.82, 2.24) is 9.55 Å². The molecule has 1 aromatic carbocycles. The molecule has 0 amide bonds. The van der Waals surface area contributed by atoms with Gasteiger partial charge in [0.2, 0.25) is 5.95 Å². The van der Waals surface area contributed by atoms with Crippen molar-refractivity contribution in [2.45, 2.75) is 12.8 Å². The molecule has 20 heavy (non-hydrogen) atoms. The maximum atomic E-state index is 5.79. The third-order valence-electron chi connectivity index (χ3n) is 3.46. The average molecular weight is 338 g/mol. The summed E-state index contributed by atoms with van der Waals surface area (Å²) >= 11 is 3.44. The van der Waals surface area contributed by atoms with E-state index in [2.05, 4.69) is 27.0 Å².